The summed E-state index contributed by atoms with van der Waals surface area (Å²) < 4.78 is 0. The van der Waals surface area contributed by atoms with Gasteiger partial charge in [0, 0.05) is 28.6 Å². The molecule has 0 aliphatic carbocycles. The van der Waals surface area contributed by atoms with Crippen molar-refractivity contribution in [3.63, 3.8) is 0 Å². The van der Waals surface area contributed by atoms with E-state index in [4.69, 9.17) is 0 Å². The third-order valence-corrected chi connectivity index (χ3v) is 4.03. The molecule has 16 heavy (non-hydrogen) atoms. The maximum absolute atomic E-state index is 10.5. The van der Waals surface area contributed by atoms with E-state index in [1.165, 1.54) is 16.9 Å². The molecule has 1 N–H and O–H groups in total. The van der Waals surface area contributed by atoms with Crippen LogP contribution < -0.4 is 5.32 Å². The standard InChI is InChI=1S/C10H10N2O2S2/c1-7-5-15-6-9(7)11-4-8-2-3-10(16-8)12(13)14/h2-3,5-6,11H,4H2,1H3. The van der Waals surface area contributed by atoms with E-state index in [-0.39, 0.29) is 9.92 Å². The SMILES string of the molecule is Cc1cscc1NCc1ccc([N+](=O)[O-])s1. The second-order valence-corrected chi connectivity index (χ2v) is 5.21. The Balaban J connectivity index is 2.00. The lowest BCUT2D eigenvalue weighted by atomic mass is 10.3. The molecule has 4 nitrogen and oxygen atoms in total. The molecule has 0 aliphatic rings. The van der Waals surface area contributed by atoms with E-state index in [2.05, 4.69) is 10.7 Å². The molecule has 0 bridgehead atoms. The predicted octanol–water partition coefficient (Wildman–Crippen LogP) is 3.64. The van der Waals surface area contributed by atoms with Crippen LogP contribution in [0.2, 0.25) is 0 Å². The highest BCUT2D eigenvalue weighted by atomic mass is 32.1. The Hall–Kier alpha value is -1.40. The third-order valence-electron chi connectivity index (χ3n) is 2.14. The van der Waals surface area contributed by atoms with Gasteiger partial charge in [0.25, 0.3) is 0 Å². The highest BCUT2D eigenvalue weighted by Crippen LogP contribution is 2.26. The zero-order valence-electron chi connectivity index (χ0n) is 8.60. The molecule has 0 atom stereocenters. The average Bonchev–Trinajstić information content (AvgIpc) is 2.83. The van der Waals surface area contributed by atoms with Gasteiger partial charge in [0.1, 0.15) is 0 Å². The molecule has 0 saturated heterocycles. The van der Waals surface area contributed by atoms with E-state index >= 15 is 0 Å². The van der Waals surface area contributed by atoms with Crippen LogP contribution in [0.1, 0.15) is 10.4 Å². The van der Waals surface area contributed by atoms with Gasteiger partial charge in [-0.15, -0.1) is 11.3 Å². The van der Waals surface area contributed by atoms with Crippen LogP contribution in [-0.2, 0) is 6.54 Å². The fraction of sp³-hybridized carbons (Fsp3) is 0.200. The van der Waals surface area contributed by atoms with Crippen molar-refractivity contribution >= 4 is 33.4 Å². The van der Waals surface area contributed by atoms with Gasteiger partial charge in [-0.05, 0) is 23.9 Å². The largest absolute Gasteiger partial charge is 0.379 e. The summed E-state index contributed by atoms with van der Waals surface area (Å²) in [5.74, 6) is 0. The van der Waals surface area contributed by atoms with Crippen LogP contribution in [0.5, 0.6) is 0 Å². The fourth-order valence-corrected chi connectivity index (χ4v) is 2.85. The summed E-state index contributed by atoms with van der Waals surface area (Å²) in [6, 6.07) is 3.33. The summed E-state index contributed by atoms with van der Waals surface area (Å²) >= 11 is 2.85. The van der Waals surface area contributed by atoms with Crippen molar-refractivity contribution in [1.82, 2.24) is 0 Å². The predicted molar refractivity (Wildman–Crippen MR) is 67.4 cm³/mol. The first kappa shape index (κ1) is 11.1. The third kappa shape index (κ3) is 2.40. The minimum absolute atomic E-state index is 0.193. The summed E-state index contributed by atoms with van der Waals surface area (Å²) in [7, 11) is 0. The molecular weight excluding hydrogens is 244 g/mol. The summed E-state index contributed by atoms with van der Waals surface area (Å²) in [4.78, 5) is 11.1. The van der Waals surface area contributed by atoms with Gasteiger partial charge in [0.05, 0.1) is 4.92 Å². The molecule has 2 aromatic heterocycles. The number of anilines is 1. The lowest BCUT2D eigenvalue weighted by Crippen LogP contribution is -1.96. The zero-order valence-corrected chi connectivity index (χ0v) is 10.2. The Bertz CT molecular complexity index is 504. The normalized spacial score (nSPS) is 10.3. The van der Waals surface area contributed by atoms with Gasteiger partial charge in [0.15, 0.2) is 0 Å². The van der Waals surface area contributed by atoms with Gasteiger partial charge in [-0.1, -0.05) is 11.3 Å². The highest BCUT2D eigenvalue weighted by Gasteiger charge is 2.09. The minimum Gasteiger partial charge on any atom is -0.379 e. The molecule has 2 heterocycles. The van der Waals surface area contributed by atoms with Crippen LogP contribution in [0.25, 0.3) is 0 Å². The number of aryl methyl sites for hydroxylation is 1. The molecule has 0 spiro atoms. The quantitative estimate of drug-likeness (QED) is 0.669. The second kappa shape index (κ2) is 4.63. The maximum atomic E-state index is 10.5. The number of hydrogen-bond acceptors (Lipinski definition) is 5. The van der Waals surface area contributed by atoms with E-state index in [1.54, 1.807) is 23.5 Å². The van der Waals surface area contributed by atoms with Crippen molar-refractivity contribution in [3.8, 4) is 0 Å². The van der Waals surface area contributed by atoms with Gasteiger partial charge in [-0.3, -0.25) is 10.1 Å². The topological polar surface area (TPSA) is 55.2 Å². The second-order valence-electron chi connectivity index (χ2n) is 3.32. The van der Waals surface area contributed by atoms with Gasteiger partial charge in [-0.2, -0.15) is 0 Å². The molecule has 0 fully saturated rings. The molecular formula is C10H10N2O2S2. The van der Waals surface area contributed by atoms with Crippen LogP contribution >= 0.6 is 22.7 Å². The highest BCUT2D eigenvalue weighted by molar-refractivity contribution is 7.15. The lowest BCUT2D eigenvalue weighted by molar-refractivity contribution is -0.380. The van der Waals surface area contributed by atoms with E-state index in [0.29, 0.717) is 6.54 Å². The van der Waals surface area contributed by atoms with Crippen molar-refractivity contribution in [3.05, 3.63) is 43.4 Å². The minimum atomic E-state index is -0.357. The molecule has 0 amide bonds. The molecule has 84 valence electrons. The summed E-state index contributed by atoms with van der Waals surface area (Å²) in [6.07, 6.45) is 0. The van der Waals surface area contributed by atoms with E-state index in [9.17, 15) is 10.1 Å². The molecule has 0 aliphatic heterocycles. The summed E-state index contributed by atoms with van der Waals surface area (Å²) in [5, 5.41) is 18.1. The van der Waals surface area contributed by atoms with Crippen LogP contribution in [0, 0.1) is 17.0 Å². The van der Waals surface area contributed by atoms with Gasteiger partial charge < -0.3 is 5.32 Å². The molecule has 2 rings (SSSR count). The molecule has 0 radical (unpaired) electrons. The number of hydrogen-bond donors (Lipinski definition) is 1. The maximum Gasteiger partial charge on any atom is 0.324 e. The lowest BCUT2D eigenvalue weighted by Gasteiger charge is -2.02. The molecule has 0 unspecified atom stereocenters. The van der Waals surface area contributed by atoms with Crippen molar-refractivity contribution in [1.29, 1.82) is 0 Å². The fourth-order valence-electron chi connectivity index (χ4n) is 1.28. The van der Waals surface area contributed by atoms with Gasteiger partial charge >= 0.3 is 5.00 Å². The van der Waals surface area contributed by atoms with Crippen LogP contribution in [0.4, 0.5) is 10.7 Å². The summed E-state index contributed by atoms with van der Waals surface area (Å²) in [5.41, 5.74) is 2.30. The van der Waals surface area contributed by atoms with E-state index in [0.717, 1.165) is 10.6 Å². The van der Waals surface area contributed by atoms with E-state index in [1.807, 2.05) is 12.3 Å². The Morgan fingerprint density at radius 3 is 2.81 bits per heavy atom. The smallest absolute Gasteiger partial charge is 0.324 e. The van der Waals surface area contributed by atoms with Crippen LogP contribution in [0.15, 0.2) is 22.9 Å². The van der Waals surface area contributed by atoms with Crippen molar-refractivity contribution in [2.75, 3.05) is 5.32 Å². The zero-order chi connectivity index (χ0) is 11.5. The van der Waals surface area contributed by atoms with Gasteiger partial charge in [-0.25, -0.2) is 0 Å². The molecule has 0 saturated carbocycles. The number of rotatable bonds is 4. The van der Waals surface area contributed by atoms with Crippen molar-refractivity contribution in [2.45, 2.75) is 13.5 Å². The Morgan fingerprint density at radius 1 is 1.44 bits per heavy atom. The number of thiophene rings is 2. The first-order valence-corrected chi connectivity index (χ1v) is 6.42. The summed E-state index contributed by atoms with van der Waals surface area (Å²) in [6.45, 7) is 2.67. The number of nitro groups is 1. The van der Waals surface area contributed by atoms with Crippen molar-refractivity contribution in [2.24, 2.45) is 0 Å². The monoisotopic (exact) mass is 254 g/mol. The first-order valence-electron chi connectivity index (χ1n) is 4.66. The van der Waals surface area contributed by atoms with Crippen LogP contribution in [0.3, 0.4) is 0 Å². The Kier molecular flexibility index (Phi) is 3.21. The number of nitrogens with zero attached hydrogens (tertiary/aromatic N) is 1. The first-order chi connectivity index (χ1) is 7.66. The van der Waals surface area contributed by atoms with Crippen LogP contribution in [-0.4, -0.2) is 4.92 Å². The Labute approximate surface area is 101 Å². The number of nitrogens with one attached hydrogen (secondary N) is 1. The molecule has 0 aromatic carbocycles. The average molecular weight is 254 g/mol. The molecule has 2 aromatic rings. The molecule has 6 heteroatoms. The Morgan fingerprint density at radius 2 is 2.25 bits per heavy atom. The van der Waals surface area contributed by atoms with E-state index < -0.39 is 0 Å². The van der Waals surface area contributed by atoms with Gasteiger partial charge in [0.2, 0.25) is 0 Å². The van der Waals surface area contributed by atoms with Crippen molar-refractivity contribution < 1.29 is 4.92 Å².